The number of amides is 1. The number of nitro groups is 1. The van der Waals surface area contributed by atoms with Crippen LogP contribution in [0.5, 0.6) is 0 Å². The second-order valence-electron chi connectivity index (χ2n) is 11.5. The molecular weight excluding hydrogens is 611 g/mol. The van der Waals surface area contributed by atoms with E-state index in [1.54, 1.807) is 47.4 Å². The van der Waals surface area contributed by atoms with Crippen molar-refractivity contribution >= 4 is 46.5 Å². The van der Waals surface area contributed by atoms with Crippen molar-refractivity contribution in [1.29, 1.82) is 0 Å². The van der Waals surface area contributed by atoms with Crippen LogP contribution in [0.1, 0.15) is 28.8 Å². The third-order valence-corrected chi connectivity index (χ3v) is 13.8. The van der Waals surface area contributed by atoms with Crippen molar-refractivity contribution < 1.29 is 24.0 Å². The molecule has 0 aliphatic carbocycles. The molecule has 0 aromatic heterocycles. The van der Waals surface area contributed by atoms with Gasteiger partial charge in [-0.3, -0.25) is 0 Å². The SMILES string of the molecule is O=C(CC1CC(=O)N1C(C(=O)OCc1ccccc1[N+](=O)[O-])[PH](c1ccccc1)(c1ccccc1)c1ccccc1)c1ccccc1. The summed E-state index contributed by atoms with van der Waals surface area (Å²) in [7, 11) is -3.55. The molecule has 9 heteroatoms. The Morgan fingerprint density at radius 3 is 1.70 bits per heavy atom. The number of esters is 1. The van der Waals surface area contributed by atoms with Gasteiger partial charge in [-0.05, 0) is 0 Å². The topological polar surface area (TPSA) is 107 Å². The van der Waals surface area contributed by atoms with Gasteiger partial charge in [0.25, 0.3) is 0 Å². The van der Waals surface area contributed by atoms with E-state index in [2.05, 4.69) is 0 Å². The first kappa shape index (κ1) is 31.5. The monoisotopic (exact) mass is 644 g/mol. The fourth-order valence-electron chi connectivity index (χ4n) is 6.59. The zero-order valence-electron chi connectivity index (χ0n) is 25.5. The molecule has 2 atom stereocenters. The van der Waals surface area contributed by atoms with Gasteiger partial charge in [0.05, 0.1) is 0 Å². The molecule has 1 fully saturated rings. The Morgan fingerprint density at radius 2 is 1.21 bits per heavy atom. The van der Waals surface area contributed by atoms with E-state index in [1.165, 1.54) is 6.07 Å². The predicted molar refractivity (Wildman–Crippen MR) is 184 cm³/mol. The third kappa shape index (κ3) is 6.20. The van der Waals surface area contributed by atoms with E-state index in [4.69, 9.17) is 4.74 Å². The number of para-hydroxylation sites is 1. The van der Waals surface area contributed by atoms with E-state index in [0.29, 0.717) is 5.56 Å². The number of β-lactam (4-membered cyclic amide) rings is 1. The minimum atomic E-state index is -3.55. The van der Waals surface area contributed by atoms with Gasteiger partial charge in [0.1, 0.15) is 0 Å². The van der Waals surface area contributed by atoms with Crippen LogP contribution in [0.3, 0.4) is 0 Å². The number of Topliss-reactive ketones (excluding diaryl/α,β-unsaturated/α-hetero) is 1. The first-order valence-corrected chi connectivity index (χ1v) is 17.4. The maximum absolute atomic E-state index is 14.8. The average molecular weight is 645 g/mol. The van der Waals surface area contributed by atoms with Gasteiger partial charge in [0.15, 0.2) is 0 Å². The fourth-order valence-corrected chi connectivity index (χ4v) is 11.9. The predicted octanol–water partition coefficient (Wildman–Crippen LogP) is 5.56. The molecule has 47 heavy (non-hydrogen) atoms. The number of benzene rings is 5. The summed E-state index contributed by atoms with van der Waals surface area (Å²) in [5.41, 5.74) is 0.600. The average Bonchev–Trinajstić information content (AvgIpc) is 3.12. The van der Waals surface area contributed by atoms with Gasteiger partial charge in [0.2, 0.25) is 0 Å². The van der Waals surface area contributed by atoms with Gasteiger partial charge < -0.3 is 0 Å². The number of nitrogens with zero attached hydrogens (tertiary/aromatic N) is 2. The van der Waals surface area contributed by atoms with Crippen LogP contribution in [-0.2, 0) is 20.9 Å². The zero-order valence-corrected chi connectivity index (χ0v) is 26.5. The molecule has 1 amide bonds. The van der Waals surface area contributed by atoms with Gasteiger partial charge in [-0.1, -0.05) is 0 Å². The summed E-state index contributed by atoms with van der Waals surface area (Å²) in [5.74, 6) is -2.21. The van der Waals surface area contributed by atoms with Crippen molar-refractivity contribution in [1.82, 2.24) is 4.90 Å². The second-order valence-corrected chi connectivity index (χ2v) is 15.3. The van der Waals surface area contributed by atoms with Crippen molar-refractivity contribution in [3.8, 4) is 0 Å². The summed E-state index contributed by atoms with van der Waals surface area (Å²) in [4.78, 5) is 54.9. The number of hydrogen-bond donors (Lipinski definition) is 0. The molecule has 1 saturated heterocycles. The summed E-state index contributed by atoms with van der Waals surface area (Å²) in [6.07, 6.45) is 0.141. The van der Waals surface area contributed by atoms with E-state index in [0.717, 1.165) is 15.9 Å². The van der Waals surface area contributed by atoms with E-state index in [9.17, 15) is 24.5 Å². The molecule has 0 bridgehead atoms. The molecule has 0 N–H and O–H groups in total. The van der Waals surface area contributed by atoms with Gasteiger partial charge in [-0.25, -0.2) is 0 Å². The Balaban J connectivity index is 1.53. The van der Waals surface area contributed by atoms with Crippen LogP contribution in [-0.4, -0.2) is 39.3 Å². The molecule has 5 aromatic rings. The Bertz CT molecular complexity index is 1790. The summed E-state index contributed by atoms with van der Waals surface area (Å²) < 4.78 is 6.01. The normalized spacial score (nSPS) is 15.3. The fraction of sp³-hybridized carbons (Fsp3) is 0.132. The van der Waals surface area contributed by atoms with E-state index >= 15 is 0 Å². The molecule has 0 saturated carbocycles. The van der Waals surface area contributed by atoms with Crippen LogP contribution >= 0.6 is 7.26 Å². The molecule has 1 aliphatic heterocycles. The molecule has 236 valence electrons. The number of carbonyl (C=O) groups excluding carboxylic acids is 3. The molecule has 5 aromatic carbocycles. The van der Waals surface area contributed by atoms with E-state index < -0.39 is 30.0 Å². The van der Waals surface area contributed by atoms with Gasteiger partial charge in [-0.2, -0.15) is 0 Å². The number of ketones is 1. The molecule has 0 spiro atoms. The van der Waals surface area contributed by atoms with Gasteiger partial charge in [-0.15, -0.1) is 0 Å². The molecule has 1 heterocycles. The Kier molecular flexibility index (Phi) is 9.32. The van der Waals surface area contributed by atoms with Crippen molar-refractivity contribution in [3.63, 3.8) is 0 Å². The molecule has 1 aliphatic rings. The van der Waals surface area contributed by atoms with Crippen LogP contribution in [0.4, 0.5) is 5.69 Å². The Morgan fingerprint density at radius 1 is 0.745 bits per heavy atom. The summed E-state index contributed by atoms with van der Waals surface area (Å²) in [6.45, 7) is -0.356. The van der Waals surface area contributed by atoms with Gasteiger partial charge >= 0.3 is 274 Å². The molecule has 2 unspecified atom stereocenters. The number of carbonyl (C=O) groups is 3. The van der Waals surface area contributed by atoms with Crippen molar-refractivity contribution in [2.24, 2.45) is 0 Å². The van der Waals surface area contributed by atoms with Crippen molar-refractivity contribution in [2.75, 3.05) is 0 Å². The summed E-state index contributed by atoms with van der Waals surface area (Å²) >= 11 is 0. The summed E-state index contributed by atoms with van der Waals surface area (Å²) in [6, 6.07) is 43.5. The Hall–Kier alpha value is -5.46. The van der Waals surface area contributed by atoms with Crippen LogP contribution in [0, 0.1) is 10.1 Å². The third-order valence-electron chi connectivity index (χ3n) is 8.77. The first-order valence-electron chi connectivity index (χ1n) is 15.4. The molecular formula is C38H33N2O6P. The van der Waals surface area contributed by atoms with E-state index in [-0.39, 0.29) is 42.4 Å². The Labute approximate surface area is 273 Å². The number of likely N-dealkylation sites (tertiary alicyclic amines) is 1. The van der Waals surface area contributed by atoms with Gasteiger partial charge in [0, 0.05) is 0 Å². The van der Waals surface area contributed by atoms with Crippen molar-refractivity contribution in [2.45, 2.75) is 31.3 Å². The molecule has 6 rings (SSSR count). The number of ether oxygens (including phenoxy) is 1. The quantitative estimate of drug-likeness (QED) is 0.0440. The van der Waals surface area contributed by atoms with Crippen LogP contribution in [0.2, 0.25) is 0 Å². The number of rotatable bonds is 12. The molecule has 8 nitrogen and oxygen atoms in total. The second kappa shape index (κ2) is 13.9. The maximum atomic E-state index is 14.8. The standard InChI is InChI=1S/C38H33N2O6P/c41-35(28-15-5-1-6-16-28)25-30-26-36(42)39(30)37(38(43)46-27-29-17-13-14-24-34(29)40(44)45)47(31-18-7-2-8-19-31,32-20-9-3-10-21-32)33-22-11-4-12-23-33/h1-24,30,37,47H,25-27H2. The number of hydrogen-bond acceptors (Lipinski definition) is 6. The number of nitro benzene ring substituents is 1. The van der Waals surface area contributed by atoms with Crippen LogP contribution in [0.15, 0.2) is 146 Å². The van der Waals surface area contributed by atoms with Crippen molar-refractivity contribution in [3.05, 3.63) is 167 Å². The summed E-state index contributed by atoms with van der Waals surface area (Å²) in [5, 5.41) is 14.4. The van der Waals surface area contributed by atoms with Crippen LogP contribution in [0.25, 0.3) is 0 Å². The first-order chi connectivity index (χ1) is 22.9. The van der Waals surface area contributed by atoms with Crippen LogP contribution < -0.4 is 15.9 Å². The minimum absolute atomic E-state index is 0.0343. The van der Waals surface area contributed by atoms with E-state index in [1.807, 2.05) is 97.1 Å². The molecule has 0 radical (unpaired) electrons. The zero-order chi connectivity index (χ0) is 32.8.